The van der Waals surface area contributed by atoms with Gasteiger partial charge < -0.3 is 42.7 Å². The predicted molar refractivity (Wildman–Crippen MR) is 117 cm³/mol. The van der Waals surface area contributed by atoms with Gasteiger partial charge in [0.05, 0.1) is 18.6 Å². The van der Waals surface area contributed by atoms with Crippen molar-refractivity contribution in [1.82, 2.24) is 16.0 Å². The van der Waals surface area contributed by atoms with Crippen molar-refractivity contribution in [2.75, 3.05) is 12.0 Å². The molecule has 0 aromatic heterocycles. The van der Waals surface area contributed by atoms with Gasteiger partial charge >= 0.3 is 11.9 Å². The van der Waals surface area contributed by atoms with E-state index in [0.29, 0.717) is 12.2 Å². The van der Waals surface area contributed by atoms with Crippen LogP contribution in [0.5, 0.6) is 0 Å². The van der Waals surface area contributed by atoms with Crippen molar-refractivity contribution in [3.63, 3.8) is 0 Å². The molecule has 14 nitrogen and oxygen atoms in total. The maximum absolute atomic E-state index is 12.7. The molecule has 0 radical (unpaired) electrons. The number of primary amides is 1. The lowest BCUT2D eigenvalue weighted by atomic mass is 10.1. The Balaban J connectivity index is 5.47. The van der Waals surface area contributed by atoms with E-state index in [2.05, 4.69) is 10.6 Å². The minimum atomic E-state index is -1.71. The van der Waals surface area contributed by atoms with Crippen molar-refractivity contribution in [3.05, 3.63) is 0 Å². The van der Waals surface area contributed by atoms with Crippen LogP contribution in [0.1, 0.15) is 32.6 Å². The Kier molecular flexibility index (Phi) is 13.7. The second kappa shape index (κ2) is 15.0. The number of aliphatic hydroxyl groups is 1. The minimum absolute atomic E-state index is 0.307. The summed E-state index contributed by atoms with van der Waals surface area (Å²) in [7, 11) is 0. The minimum Gasteiger partial charge on any atom is -0.481 e. The number of hydrogen-bond acceptors (Lipinski definition) is 9. The van der Waals surface area contributed by atoms with E-state index >= 15 is 0 Å². The number of nitrogens with two attached hydrogens (primary N) is 2. The summed E-state index contributed by atoms with van der Waals surface area (Å²) in [4.78, 5) is 70.6. The maximum atomic E-state index is 12.7. The van der Waals surface area contributed by atoms with Crippen molar-refractivity contribution < 1.29 is 44.1 Å². The molecule has 0 bridgehead atoms. The average molecular weight is 494 g/mol. The van der Waals surface area contributed by atoms with Gasteiger partial charge in [0.2, 0.25) is 23.6 Å². The molecule has 0 fully saturated rings. The SMILES string of the molecule is CSCCC(N)C(=O)NC(C(=O)NC(CCC(=O)O)C(=O)NC(CC(N)=O)C(=O)O)C(C)O. The Bertz CT molecular complexity index is 734. The number of aliphatic hydroxyl groups excluding tert-OH is 1. The summed E-state index contributed by atoms with van der Waals surface area (Å²) >= 11 is 1.46. The number of aliphatic carboxylic acids is 2. The number of amides is 4. The first-order valence-corrected chi connectivity index (χ1v) is 11.3. The van der Waals surface area contributed by atoms with E-state index in [1.54, 1.807) is 0 Å². The molecule has 5 unspecified atom stereocenters. The van der Waals surface area contributed by atoms with Crippen LogP contribution in [0, 0.1) is 0 Å². The van der Waals surface area contributed by atoms with Gasteiger partial charge in [0.25, 0.3) is 0 Å². The molecule has 0 aliphatic heterocycles. The first-order valence-electron chi connectivity index (χ1n) is 9.86. The van der Waals surface area contributed by atoms with Crippen molar-refractivity contribution in [1.29, 1.82) is 0 Å². The van der Waals surface area contributed by atoms with E-state index in [-0.39, 0.29) is 0 Å². The summed E-state index contributed by atoms with van der Waals surface area (Å²) in [5.41, 5.74) is 10.7. The lowest BCUT2D eigenvalue weighted by Gasteiger charge is -2.26. The Labute approximate surface area is 194 Å². The third-order valence-electron chi connectivity index (χ3n) is 4.33. The molecule has 15 heteroatoms. The first-order chi connectivity index (χ1) is 15.3. The fourth-order valence-corrected chi connectivity index (χ4v) is 3.00. The van der Waals surface area contributed by atoms with Gasteiger partial charge in [-0.05, 0) is 31.8 Å². The van der Waals surface area contributed by atoms with Gasteiger partial charge in [-0.3, -0.25) is 24.0 Å². The van der Waals surface area contributed by atoms with E-state index in [4.69, 9.17) is 21.7 Å². The summed E-state index contributed by atoms with van der Waals surface area (Å²) in [5.74, 6) is -6.14. The molecule has 0 spiro atoms. The average Bonchev–Trinajstić information content (AvgIpc) is 2.71. The second-order valence-corrected chi connectivity index (χ2v) is 8.16. The fraction of sp³-hybridized carbons (Fsp3) is 0.667. The summed E-state index contributed by atoms with van der Waals surface area (Å²) in [6.45, 7) is 1.21. The molecular formula is C18H31N5O9S. The monoisotopic (exact) mass is 493 g/mol. The van der Waals surface area contributed by atoms with E-state index in [1.165, 1.54) is 18.7 Å². The Hall–Kier alpha value is -2.91. The van der Waals surface area contributed by atoms with Crippen LogP contribution in [-0.2, 0) is 28.8 Å². The first kappa shape index (κ1) is 30.1. The van der Waals surface area contributed by atoms with E-state index in [0.717, 1.165) is 0 Å². The van der Waals surface area contributed by atoms with Crippen molar-refractivity contribution in [3.8, 4) is 0 Å². The fourth-order valence-electron chi connectivity index (χ4n) is 2.51. The molecule has 33 heavy (non-hydrogen) atoms. The highest BCUT2D eigenvalue weighted by atomic mass is 32.2. The molecule has 0 aliphatic carbocycles. The number of carboxylic acids is 2. The molecule has 0 aliphatic rings. The lowest BCUT2D eigenvalue weighted by molar-refractivity contribution is -0.144. The number of carboxylic acid groups (broad SMARTS) is 2. The number of nitrogens with one attached hydrogen (secondary N) is 3. The molecule has 5 atom stereocenters. The zero-order valence-corrected chi connectivity index (χ0v) is 19.1. The standard InChI is InChI=1S/C18H31N5O9S/c1-8(24)14(23-15(28)9(19)5-6-33-2)17(30)21-10(3-4-13(26)27)16(29)22-11(18(31)32)7-12(20)25/h8-11,14,24H,3-7,19H2,1-2H3,(H2,20,25)(H,21,30)(H,22,29)(H,23,28)(H,26,27)(H,31,32). The van der Waals surface area contributed by atoms with Crippen LogP contribution in [0.3, 0.4) is 0 Å². The van der Waals surface area contributed by atoms with Gasteiger partial charge in [-0.25, -0.2) is 4.79 Å². The second-order valence-electron chi connectivity index (χ2n) is 7.18. The summed E-state index contributed by atoms with van der Waals surface area (Å²) in [5, 5.41) is 34.4. The van der Waals surface area contributed by atoms with E-state index < -0.39 is 85.1 Å². The topological polar surface area (TPSA) is 251 Å². The molecule has 0 aromatic rings. The van der Waals surface area contributed by atoms with Gasteiger partial charge in [-0.1, -0.05) is 0 Å². The Morgan fingerprint density at radius 3 is 1.94 bits per heavy atom. The summed E-state index contributed by atoms with van der Waals surface area (Å²) in [6, 6.07) is -5.74. The smallest absolute Gasteiger partial charge is 0.326 e. The Morgan fingerprint density at radius 1 is 0.909 bits per heavy atom. The zero-order chi connectivity index (χ0) is 25.7. The van der Waals surface area contributed by atoms with Crippen LogP contribution in [-0.4, -0.2) is 93.2 Å². The predicted octanol–water partition coefficient (Wildman–Crippen LogP) is -3.27. The molecule has 10 N–H and O–H groups in total. The zero-order valence-electron chi connectivity index (χ0n) is 18.3. The highest BCUT2D eigenvalue weighted by Crippen LogP contribution is 2.05. The van der Waals surface area contributed by atoms with E-state index in [1.807, 2.05) is 11.6 Å². The van der Waals surface area contributed by atoms with E-state index in [9.17, 15) is 33.9 Å². The quantitative estimate of drug-likeness (QED) is 0.106. The van der Waals surface area contributed by atoms with Crippen LogP contribution >= 0.6 is 11.8 Å². The molecule has 0 rings (SSSR count). The van der Waals surface area contributed by atoms with Gasteiger partial charge in [-0.15, -0.1) is 0 Å². The highest BCUT2D eigenvalue weighted by molar-refractivity contribution is 7.98. The van der Waals surface area contributed by atoms with Crippen LogP contribution in [0.4, 0.5) is 0 Å². The van der Waals surface area contributed by atoms with Crippen LogP contribution in [0.25, 0.3) is 0 Å². The lowest BCUT2D eigenvalue weighted by Crippen LogP contribution is -2.60. The van der Waals surface area contributed by atoms with Gasteiger partial charge in [0.1, 0.15) is 18.1 Å². The number of carbonyl (C=O) groups is 6. The normalized spacial score (nSPS) is 15.3. The number of rotatable bonds is 16. The third kappa shape index (κ3) is 12.1. The molecule has 4 amide bonds. The molecular weight excluding hydrogens is 462 g/mol. The molecule has 0 heterocycles. The molecule has 188 valence electrons. The van der Waals surface area contributed by atoms with Gasteiger partial charge in [0, 0.05) is 6.42 Å². The number of thioether (sulfide) groups is 1. The number of hydrogen-bond donors (Lipinski definition) is 8. The molecule has 0 saturated carbocycles. The van der Waals surface area contributed by atoms with Crippen LogP contribution < -0.4 is 27.4 Å². The largest absolute Gasteiger partial charge is 0.481 e. The molecule has 0 aromatic carbocycles. The van der Waals surface area contributed by atoms with Crippen molar-refractivity contribution >= 4 is 47.3 Å². The van der Waals surface area contributed by atoms with Crippen molar-refractivity contribution in [2.24, 2.45) is 11.5 Å². The highest BCUT2D eigenvalue weighted by Gasteiger charge is 2.32. The molecule has 0 saturated heterocycles. The Morgan fingerprint density at radius 2 is 1.48 bits per heavy atom. The van der Waals surface area contributed by atoms with Crippen LogP contribution in [0.2, 0.25) is 0 Å². The van der Waals surface area contributed by atoms with Gasteiger partial charge in [-0.2, -0.15) is 11.8 Å². The van der Waals surface area contributed by atoms with Crippen molar-refractivity contribution in [2.45, 2.75) is 62.9 Å². The number of carbonyl (C=O) groups excluding carboxylic acids is 4. The maximum Gasteiger partial charge on any atom is 0.326 e. The van der Waals surface area contributed by atoms with Gasteiger partial charge in [0.15, 0.2) is 0 Å². The van der Waals surface area contributed by atoms with Crippen LogP contribution in [0.15, 0.2) is 0 Å². The third-order valence-corrected chi connectivity index (χ3v) is 4.98. The summed E-state index contributed by atoms with van der Waals surface area (Å²) < 4.78 is 0. The summed E-state index contributed by atoms with van der Waals surface area (Å²) in [6.07, 6.45) is -1.04.